The summed E-state index contributed by atoms with van der Waals surface area (Å²) in [4.78, 5) is 54.4. The number of methoxy groups -OCH3 is 1. The molecule has 3 aliphatic rings. The molecule has 1 aromatic rings. The predicted octanol–water partition coefficient (Wildman–Crippen LogP) is 0.828. The van der Waals surface area contributed by atoms with Gasteiger partial charge in [-0.25, -0.2) is 0 Å². The highest BCUT2D eigenvalue weighted by Crippen LogP contribution is 2.34. The molecule has 0 bridgehead atoms. The van der Waals surface area contributed by atoms with Gasteiger partial charge in [-0.3, -0.25) is 24.1 Å². The third kappa shape index (κ3) is 6.13. The summed E-state index contributed by atoms with van der Waals surface area (Å²) in [6, 6.07) is 4.99. The van der Waals surface area contributed by atoms with Crippen LogP contribution in [0.15, 0.2) is 23.1 Å². The Morgan fingerprint density at radius 2 is 1.60 bits per heavy atom. The zero-order valence-electron chi connectivity index (χ0n) is 19.4. The van der Waals surface area contributed by atoms with E-state index in [4.69, 9.17) is 18.9 Å². The van der Waals surface area contributed by atoms with Crippen LogP contribution in [0, 0.1) is 0 Å². The quantitative estimate of drug-likeness (QED) is 0.497. The van der Waals surface area contributed by atoms with E-state index in [2.05, 4.69) is 0 Å². The normalized spacial score (nSPS) is 19.9. The Kier molecular flexibility index (Phi) is 8.26. The first-order chi connectivity index (χ1) is 17.0. The second-order valence-corrected chi connectivity index (χ2v) is 8.95. The molecular weight excluding hydrogens is 478 g/mol. The largest absolute Gasteiger partial charge is 0.493 e. The minimum atomic E-state index is -0.517. The molecule has 3 fully saturated rings. The van der Waals surface area contributed by atoms with Crippen LogP contribution in [0.1, 0.15) is 5.56 Å². The molecule has 188 valence electrons. The fourth-order valence-corrected chi connectivity index (χ4v) is 4.61. The number of benzene rings is 1. The lowest BCUT2D eigenvalue weighted by Gasteiger charge is -2.28. The van der Waals surface area contributed by atoms with Crippen molar-refractivity contribution < 1.29 is 38.1 Å². The average Bonchev–Trinajstić information content (AvgIpc) is 3.15. The molecule has 0 aromatic heterocycles. The summed E-state index contributed by atoms with van der Waals surface area (Å²) in [5.74, 6) is -0.172. The van der Waals surface area contributed by atoms with E-state index in [1.54, 1.807) is 34.1 Å². The molecule has 3 aliphatic heterocycles. The maximum absolute atomic E-state index is 12.8. The van der Waals surface area contributed by atoms with Crippen molar-refractivity contribution in [3.05, 3.63) is 28.7 Å². The van der Waals surface area contributed by atoms with Gasteiger partial charge < -0.3 is 28.7 Å². The van der Waals surface area contributed by atoms with Gasteiger partial charge >= 0.3 is 0 Å². The summed E-state index contributed by atoms with van der Waals surface area (Å²) in [7, 11) is 1.47. The van der Waals surface area contributed by atoms with E-state index in [-0.39, 0.29) is 29.9 Å². The smallest absolute Gasteiger partial charge is 0.294 e. The summed E-state index contributed by atoms with van der Waals surface area (Å²) in [5.41, 5.74) is 0.610. The van der Waals surface area contributed by atoms with Crippen molar-refractivity contribution in [3.8, 4) is 11.5 Å². The second kappa shape index (κ2) is 11.6. The zero-order chi connectivity index (χ0) is 24.8. The van der Waals surface area contributed by atoms with Gasteiger partial charge in [0.2, 0.25) is 5.91 Å². The number of rotatable bonds is 7. The summed E-state index contributed by atoms with van der Waals surface area (Å²) in [5, 5.41) is -0.489. The van der Waals surface area contributed by atoms with Gasteiger partial charge in [-0.1, -0.05) is 6.07 Å². The number of imide groups is 1. The number of carbonyl (C=O) groups excluding carboxylic acids is 4. The standard InChI is InChI=1S/C23H27N3O8S/c1-31-18-12-16(2-3-17(18)34-15-21(28)25-6-10-33-11-7-25)13-19-22(29)26(23(30)35-19)14-20(27)24-4-8-32-9-5-24/h2-3,12-13H,4-11,14-15H2,1H3/b19-13-. The van der Waals surface area contributed by atoms with Crippen LogP contribution in [-0.2, 0) is 23.9 Å². The molecule has 3 saturated heterocycles. The molecule has 3 heterocycles. The van der Waals surface area contributed by atoms with Gasteiger partial charge in [-0.05, 0) is 35.5 Å². The van der Waals surface area contributed by atoms with E-state index < -0.39 is 11.1 Å². The first kappa shape index (κ1) is 25.0. The number of thioether (sulfide) groups is 1. The summed E-state index contributed by atoms with van der Waals surface area (Å²) < 4.78 is 21.5. The van der Waals surface area contributed by atoms with Gasteiger partial charge in [-0.2, -0.15) is 0 Å². The molecule has 0 saturated carbocycles. The van der Waals surface area contributed by atoms with Gasteiger partial charge in [-0.15, -0.1) is 0 Å². The Hall–Kier alpha value is -3.09. The van der Waals surface area contributed by atoms with Crippen molar-refractivity contribution in [2.24, 2.45) is 0 Å². The van der Waals surface area contributed by atoms with Crippen LogP contribution in [0.4, 0.5) is 4.79 Å². The number of hydrogen-bond donors (Lipinski definition) is 0. The number of amides is 4. The first-order valence-corrected chi connectivity index (χ1v) is 12.0. The van der Waals surface area contributed by atoms with Crippen molar-refractivity contribution in [1.82, 2.24) is 14.7 Å². The Morgan fingerprint density at radius 1 is 0.971 bits per heavy atom. The van der Waals surface area contributed by atoms with Crippen LogP contribution in [0.2, 0.25) is 0 Å². The van der Waals surface area contributed by atoms with E-state index in [1.165, 1.54) is 7.11 Å². The fraction of sp³-hybridized carbons (Fsp3) is 0.478. The minimum Gasteiger partial charge on any atom is -0.493 e. The molecule has 0 unspecified atom stereocenters. The highest BCUT2D eigenvalue weighted by Gasteiger charge is 2.37. The number of carbonyl (C=O) groups is 4. The third-order valence-corrected chi connectivity index (χ3v) is 6.64. The molecule has 4 amide bonds. The van der Waals surface area contributed by atoms with Gasteiger partial charge in [0.15, 0.2) is 18.1 Å². The number of nitrogens with zero attached hydrogens (tertiary/aromatic N) is 3. The molecule has 35 heavy (non-hydrogen) atoms. The topological polar surface area (TPSA) is 115 Å². The van der Waals surface area contributed by atoms with Crippen LogP contribution in [0.5, 0.6) is 11.5 Å². The predicted molar refractivity (Wildman–Crippen MR) is 126 cm³/mol. The Labute approximate surface area is 206 Å². The summed E-state index contributed by atoms with van der Waals surface area (Å²) in [6.45, 7) is 3.42. The molecule has 0 aliphatic carbocycles. The van der Waals surface area contributed by atoms with Crippen molar-refractivity contribution in [2.75, 3.05) is 72.9 Å². The van der Waals surface area contributed by atoms with Crippen molar-refractivity contribution in [2.45, 2.75) is 0 Å². The van der Waals surface area contributed by atoms with Gasteiger partial charge in [0.05, 0.1) is 38.4 Å². The molecular formula is C23H27N3O8S. The van der Waals surface area contributed by atoms with E-state index in [0.29, 0.717) is 69.7 Å². The second-order valence-electron chi connectivity index (χ2n) is 7.95. The lowest BCUT2D eigenvalue weighted by atomic mass is 10.2. The fourth-order valence-electron chi connectivity index (χ4n) is 3.77. The maximum Gasteiger partial charge on any atom is 0.294 e. The van der Waals surface area contributed by atoms with Crippen LogP contribution in [-0.4, -0.2) is 111 Å². The van der Waals surface area contributed by atoms with Crippen molar-refractivity contribution in [3.63, 3.8) is 0 Å². The Balaban J connectivity index is 1.39. The van der Waals surface area contributed by atoms with E-state index in [0.717, 1.165) is 16.7 Å². The Morgan fingerprint density at radius 3 is 2.23 bits per heavy atom. The number of ether oxygens (including phenoxy) is 4. The van der Waals surface area contributed by atoms with Crippen molar-refractivity contribution >= 4 is 40.8 Å². The van der Waals surface area contributed by atoms with Crippen LogP contribution >= 0.6 is 11.8 Å². The van der Waals surface area contributed by atoms with Gasteiger partial charge in [0.1, 0.15) is 6.54 Å². The lowest BCUT2D eigenvalue weighted by Crippen LogP contribution is -2.46. The highest BCUT2D eigenvalue weighted by atomic mass is 32.2. The van der Waals surface area contributed by atoms with E-state index >= 15 is 0 Å². The first-order valence-electron chi connectivity index (χ1n) is 11.2. The molecule has 0 spiro atoms. The molecule has 4 rings (SSSR count). The molecule has 0 radical (unpaired) electrons. The monoisotopic (exact) mass is 505 g/mol. The molecule has 0 atom stereocenters. The van der Waals surface area contributed by atoms with Crippen LogP contribution in [0.3, 0.4) is 0 Å². The number of morpholine rings is 2. The molecule has 1 aromatic carbocycles. The highest BCUT2D eigenvalue weighted by molar-refractivity contribution is 8.18. The van der Waals surface area contributed by atoms with Crippen LogP contribution < -0.4 is 9.47 Å². The SMILES string of the molecule is COc1cc(/C=C2\SC(=O)N(CC(=O)N3CCOCC3)C2=O)ccc1OCC(=O)N1CCOCC1. The van der Waals surface area contributed by atoms with Gasteiger partial charge in [0, 0.05) is 26.2 Å². The lowest BCUT2D eigenvalue weighted by molar-refractivity contribution is -0.139. The zero-order valence-corrected chi connectivity index (χ0v) is 20.2. The third-order valence-electron chi connectivity index (χ3n) is 5.73. The maximum atomic E-state index is 12.8. The van der Waals surface area contributed by atoms with E-state index in [1.807, 2.05) is 0 Å². The number of hydrogen-bond acceptors (Lipinski definition) is 9. The molecule has 0 N–H and O–H groups in total. The van der Waals surface area contributed by atoms with E-state index in [9.17, 15) is 19.2 Å². The summed E-state index contributed by atoms with van der Waals surface area (Å²) >= 11 is 0.784. The minimum absolute atomic E-state index is 0.133. The molecule has 11 nitrogen and oxygen atoms in total. The Bertz CT molecular complexity index is 1020. The molecule has 12 heteroatoms. The van der Waals surface area contributed by atoms with Gasteiger partial charge in [0.25, 0.3) is 17.1 Å². The van der Waals surface area contributed by atoms with Crippen molar-refractivity contribution in [1.29, 1.82) is 0 Å². The van der Waals surface area contributed by atoms with Crippen LogP contribution in [0.25, 0.3) is 6.08 Å². The average molecular weight is 506 g/mol. The summed E-state index contributed by atoms with van der Waals surface area (Å²) in [6.07, 6.45) is 1.56.